The van der Waals surface area contributed by atoms with Crippen molar-refractivity contribution in [2.45, 2.75) is 32.7 Å². The van der Waals surface area contributed by atoms with Gasteiger partial charge in [0, 0.05) is 32.1 Å². The van der Waals surface area contributed by atoms with Crippen molar-refractivity contribution in [3.63, 3.8) is 0 Å². The molecule has 18 heavy (non-hydrogen) atoms. The Morgan fingerprint density at radius 3 is 2.50 bits per heavy atom. The van der Waals surface area contributed by atoms with Crippen LogP contribution in [-0.4, -0.2) is 48.6 Å². The summed E-state index contributed by atoms with van der Waals surface area (Å²) in [6.07, 6.45) is 1.97. The van der Waals surface area contributed by atoms with Gasteiger partial charge in [0.05, 0.1) is 0 Å². The number of anilines is 2. The fourth-order valence-corrected chi connectivity index (χ4v) is 1.49. The number of hydrogen-bond donors (Lipinski definition) is 2. The summed E-state index contributed by atoms with van der Waals surface area (Å²) in [4.78, 5) is 11.1. The Hall–Kier alpha value is -1.36. The number of rotatable bonds is 7. The lowest BCUT2D eigenvalue weighted by molar-refractivity contribution is 0.326. The molecule has 0 fully saturated rings. The summed E-state index contributed by atoms with van der Waals surface area (Å²) < 4.78 is 0. The lowest BCUT2D eigenvalue weighted by Gasteiger charge is -2.20. The van der Waals surface area contributed by atoms with Crippen LogP contribution in [0.5, 0.6) is 0 Å². The summed E-state index contributed by atoms with van der Waals surface area (Å²) in [5.74, 6) is 2.66. The lowest BCUT2D eigenvalue weighted by Crippen LogP contribution is -2.31. The molecule has 0 radical (unpaired) electrons. The monoisotopic (exact) mass is 251 g/mol. The SMILES string of the molecule is CCCc1nc(NC)cc(NCC(C)N(C)C)n1. The standard InChI is InChI=1S/C13H25N5/c1-6-7-11-16-12(14-3)8-13(17-11)15-9-10(2)18(4)5/h8,10H,6-7,9H2,1-5H3,(H2,14,15,16,17). The average Bonchev–Trinajstić information content (AvgIpc) is 2.35. The van der Waals surface area contributed by atoms with Crippen molar-refractivity contribution in [2.24, 2.45) is 0 Å². The number of nitrogens with one attached hydrogen (secondary N) is 2. The van der Waals surface area contributed by atoms with E-state index in [1.54, 1.807) is 0 Å². The highest BCUT2D eigenvalue weighted by atomic mass is 15.1. The maximum absolute atomic E-state index is 4.52. The third-order valence-corrected chi connectivity index (χ3v) is 2.96. The zero-order valence-electron chi connectivity index (χ0n) is 12.1. The van der Waals surface area contributed by atoms with E-state index in [0.29, 0.717) is 6.04 Å². The molecule has 1 aromatic heterocycles. The molecule has 2 N–H and O–H groups in total. The second-order valence-corrected chi connectivity index (χ2v) is 4.75. The van der Waals surface area contributed by atoms with Crippen LogP contribution in [0.15, 0.2) is 6.07 Å². The quantitative estimate of drug-likeness (QED) is 0.774. The van der Waals surface area contributed by atoms with Gasteiger partial charge in [-0.3, -0.25) is 0 Å². The number of aromatic nitrogens is 2. The van der Waals surface area contributed by atoms with Gasteiger partial charge in [-0.1, -0.05) is 6.92 Å². The van der Waals surface area contributed by atoms with Gasteiger partial charge in [-0.15, -0.1) is 0 Å². The van der Waals surface area contributed by atoms with Crippen LogP contribution >= 0.6 is 0 Å². The summed E-state index contributed by atoms with van der Waals surface area (Å²) in [7, 11) is 6.03. The topological polar surface area (TPSA) is 53.1 Å². The van der Waals surface area contributed by atoms with Crippen molar-refractivity contribution in [3.05, 3.63) is 11.9 Å². The Morgan fingerprint density at radius 1 is 1.28 bits per heavy atom. The van der Waals surface area contributed by atoms with Gasteiger partial charge in [-0.25, -0.2) is 9.97 Å². The molecule has 0 saturated carbocycles. The molecule has 0 spiro atoms. The van der Waals surface area contributed by atoms with Gasteiger partial charge >= 0.3 is 0 Å². The molecule has 1 rings (SSSR count). The Kier molecular flexibility index (Phi) is 5.85. The third kappa shape index (κ3) is 4.49. The van der Waals surface area contributed by atoms with Crippen molar-refractivity contribution in [1.82, 2.24) is 14.9 Å². The largest absolute Gasteiger partial charge is 0.373 e. The minimum absolute atomic E-state index is 0.465. The molecule has 0 aliphatic heterocycles. The Balaban J connectivity index is 2.71. The molecule has 0 saturated heterocycles. The summed E-state index contributed by atoms with van der Waals surface area (Å²) in [5.41, 5.74) is 0. The van der Waals surface area contributed by atoms with Gasteiger partial charge in [-0.2, -0.15) is 0 Å². The van der Waals surface area contributed by atoms with Crippen molar-refractivity contribution in [3.8, 4) is 0 Å². The van der Waals surface area contributed by atoms with Crippen molar-refractivity contribution < 1.29 is 0 Å². The fourth-order valence-electron chi connectivity index (χ4n) is 1.49. The van der Waals surface area contributed by atoms with E-state index in [1.165, 1.54) is 0 Å². The molecule has 5 heteroatoms. The Bertz CT molecular complexity index is 364. The molecule has 102 valence electrons. The van der Waals surface area contributed by atoms with Crippen molar-refractivity contribution >= 4 is 11.6 Å². The van der Waals surface area contributed by atoms with Crippen LogP contribution in [0, 0.1) is 0 Å². The number of aryl methyl sites for hydroxylation is 1. The molecule has 1 atom stereocenters. The summed E-state index contributed by atoms with van der Waals surface area (Å²) in [5, 5.41) is 6.44. The normalized spacial score (nSPS) is 12.6. The minimum atomic E-state index is 0.465. The number of hydrogen-bond acceptors (Lipinski definition) is 5. The molecule has 0 aliphatic carbocycles. The maximum Gasteiger partial charge on any atom is 0.133 e. The molecule has 1 aromatic rings. The number of nitrogens with zero attached hydrogens (tertiary/aromatic N) is 3. The first kappa shape index (κ1) is 14.7. The van der Waals surface area contributed by atoms with Gasteiger partial charge in [-0.05, 0) is 27.4 Å². The molecule has 0 aromatic carbocycles. The molecule has 1 unspecified atom stereocenters. The molecule has 0 bridgehead atoms. The van der Waals surface area contributed by atoms with E-state index in [1.807, 2.05) is 13.1 Å². The lowest BCUT2D eigenvalue weighted by atomic mass is 10.3. The predicted molar refractivity (Wildman–Crippen MR) is 77.2 cm³/mol. The fraction of sp³-hybridized carbons (Fsp3) is 0.692. The average molecular weight is 251 g/mol. The first-order chi connectivity index (χ1) is 8.56. The van der Waals surface area contributed by atoms with E-state index >= 15 is 0 Å². The van der Waals surface area contributed by atoms with Crippen molar-refractivity contribution in [2.75, 3.05) is 38.3 Å². The highest BCUT2D eigenvalue weighted by Gasteiger charge is 2.06. The molecule has 5 nitrogen and oxygen atoms in total. The third-order valence-electron chi connectivity index (χ3n) is 2.96. The first-order valence-corrected chi connectivity index (χ1v) is 6.52. The first-order valence-electron chi connectivity index (χ1n) is 6.52. The van der Waals surface area contributed by atoms with E-state index in [2.05, 4.69) is 53.4 Å². The van der Waals surface area contributed by atoms with Crippen LogP contribution in [-0.2, 0) is 6.42 Å². The van der Waals surface area contributed by atoms with Crippen LogP contribution in [0.1, 0.15) is 26.1 Å². The van der Waals surface area contributed by atoms with E-state index in [0.717, 1.165) is 36.8 Å². The van der Waals surface area contributed by atoms with E-state index in [9.17, 15) is 0 Å². The van der Waals surface area contributed by atoms with E-state index in [4.69, 9.17) is 0 Å². The van der Waals surface area contributed by atoms with Gasteiger partial charge in [0.25, 0.3) is 0 Å². The number of likely N-dealkylation sites (N-methyl/N-ethyl adjacent to an activating group) is 1. The minimum Gasteiger partial charge on any atom is -0.373 e. The second-order valence-electron chi connectivity index (χ2n) is 4.75. The summed E-state index contributed by atoms with van der Waals surface area (Å²) in [6.45, 7) is 5.19. The smallest absolute Gasteiger partial charge is 0.133 e. The molecular weight excluding hydrogens is 226 g/mol. The van der Waals surface area contributed by atoms with Crippen LogP contribution in [0.25, 0.3) is 0 Å². The zero-order valence-corrected chi connectivity index (χ0v) is 12.1. The van der Waals surface area contributed by atoms with E-state index < -0.39 is 0 Å². The van der Waals surface area contributed by atoms with Gasteiger partial charge in [0.15, 0.2) is 0 Å². The van der Waals surface area contributed by atoms with Gasteiger partial charge < -0.3 is 15.5 Å². The molecule has 1 heterocycles. The van der Waals surface area contributed by atoms with Crippen LogP contribution in [0.2, 0.25) is 0 Å². The van der Waals surface area contributed by atoms with Crippen LogP contribution in [0.3, 0.4) is 0 Å². The molecule has 0 amide bonds. The van der Waals surface area contributed by atoms with Crippen molar-refractivity contribution in [1.29, 1.82) is 0 Å². The van der Waals surface area contributed by atoms with Gasteiger partial charge in [0.2, 0.25) is 0 Å². The maximum atomic E-state index is 4.52. The van der Waals surface area contributed by atoms with Crippen LogP contribution in [0.4, 0.5) is 11.6 Å². The Morgan fingerprint density at radius 2 is 1.94 bits per heavy atom. The predicted octanol–water partition coefficient (Wildman–Crippen LogP) is 1.83. The zero-order chi connectivity index (χ0) is 13.5. The van der Waals surface area contributed by atoms with E-state index in [-0.39, 0.29) is 0 Å². The Labute approximate surface area is 110 Å². The van der Waals surface area contributed by atoms with Gasteiger partial charge in [0.1, 0.15) is 17.5 Å². The highest BCUT2D eigenvalue weighted by Crippen LogP contribution is 2.12. The summed E-state index contributed by atoms with van der Waals surface area (Å²) in [6, 6.07) is 2.41. The summed E-state index contributed by atoms with van der Waals surface area (Å²) >= 11 is 0. The molecular formula is C13H25N5. The van der Waals surface area contributed by atoms with Crippen LogP contribution < -0.4 is 10.6 Å². The highest BCUT2D eigenvalue weighted by molar-refractivity contribution is 5.47. The second kappa shape index (κ2) is 7.16. The molecule has 0 aliphatic rings.